The molecule has 1 saturated carbocycles. The van der Waals surface area contributed by atoms with Crippen molar-refractivity contribution >= 4 is 0 Å². The Hall–Kier alpha value is -0.0800. The zero-order chi connectivity index (χ0) is 9.52. The summed E-state index contributed by atoms with van der Waals surface area (Å²) in [7, 11) is 0. The summed E-state index contributed by atoms with van der Waals surface area (Å²) in [5.41, 5.74) is 5.70. The maximum absolute atomic E-state index is 5.70. The van der Waals surface area contributed by atoms with Crippen molar-refractivity contribution in [3.8, 4) is 0 Å². The van der Waals surface area contributed by atoms with Crippen molar-refractivity contribution < 1.29 is 0 Å². The van der Waals surface area contributed by atoms with Crippen LogP contribution in [0.25, 0.3) is 0 Å². The first-order chi connectivity index (χ1) is 6.36. The summed E-state index contributed by atoms with van der Waals surface area (Å²) in [4.78, 5) is 0. The second kappa shape index (κ2) is 6.39. The van der Waals surface area contributed by atoms with Gasteiger partial charge in [-0.15, -0.1) is 0 Å². The van der Waals surface area contributed by atoms with E-state index in [4.69, 9.17) is 5.73 Å². The van der Waals surface area contributed by atoms with E-state index < -0.39 is 0 Å². The fourth-order valence-electron chi connectivity index (χ4n) is 2.17. The van der Waals surface area contributed by atoms with Gasteiger partial charge in [-0.25, -0.2) is 0 Å². The van der Waals surface area contributed by atoms with Crippen LogP contribution in [0.1, 0.15) is 45.4 Å². The van der Waals surface area contributed by atoms with Gasteiger partial charge in [0, 0.05) is 6.04 Å². The molecule has 78 valence electrons. The SMILES string of the molecule is CCCC(CN)CNC1CCCC1. The lowest BCUT2D eigenvalue weighted by molar-refractivity contribution is 0.410. The third-order valence-corrected chi connectivity index (χ3v) is 3.08. The first-order valence-electron chi connectivity index (χ1n) is 5.80. The zero-order valence-electron chi connectivity index (χ0n) is 8.89. The highest BCUT2D eigenvalue weighted by Gasteiger charge is 2.15. The summed E-state index contributed by atoms with van der Waals surface area (Å²) in [6, 6.07) is 0.797. The summed E-state index contributed by atoms with van der Waals surface area (Å²) in [5, 5.41) is 3.64. The molecular formula is C11H24N2. The van der Waals surface area contributed by atoms with Crippen molar-refractivity contribution in [3.05, 3.63) is 0 Å². The highest BCUT2D eigenvalue weighted by atomic mass is 14.9. The van der Waals surface area contributed by atoms with Gasteiger partial charge in [0.05, 0.1) is 0 Å². The Morgan fingerprint density at radius 3 is 2.62 bits per heavy atom. The molecule has 0 aromatic carbocycles. The Labute approximate surface area is 82.3 Å². The molecule has 0 amide bonds. The minimum atomic E-state index is 0.700. The van der Waals surface area contributed by atoms with Gasteiger partial charge in [-0.3, -0.25) is 0 Å². The number of hydrogen-bond donors (Lipinski definition) is 2. The first kappa shape index (κ1) is 11.0. The predicted octanol–water partition coefficient (Wildman–Crippen LogP) is 1.89. The van der Waals surface area contributed by atoms with Crippen LogP contribution in [0, 0.1) is 5.92 Å². The normalized spacial score (nSPS) is 20.8. The lowest BCUT2D eigenvalue weighted by Gasteiger charge is -2.18. The molecule has 1 unspecified atom stereocenters. The average Bonchev–Trinajstić information content (AvgIpc) is 2.64. The van der Waals surface area contributed by atoms with E-state index in [9.17, 15) is 0 Å². The van der Waals surface area contributed by atoms with Gasteiger partial charge in [0.2, 0.25) is 0 Å². The van der Waals surface area contributed by atoms with E-state index in [2.05, 4.69) is 12.2 Å². The van der Waals surface area contributed by atoms with Gasteiger partial charge in [0.1, 0.15) is 0 Å². The Morgan fingerprint density at radius 1 is 1.38 bits per heavy atom. The van der Waals surface area contributed by atoms with Gasteiger partial charge in [-0.1, -0.05) is 26.2 Å². The highest BCUT2D eigenvalue weighted by molar-refractivity contribution is 4.75. The van der Waals surface area contributed by atoms with Crippen molar-refractivity contribution in [2.75, 3.05) is 13.1 Å². The number of rotatable bonds is 6. The first-order valence-corrected chi connectivity index (χ1v) is 5.80. The van der Waals surface area contributed by atoms with Gasteiger partial charge >= 0.3 is 0 Å². The predicted molar refractivity (Wildman–Crippen MR) is 57.7 cm³/mol. The van der Waals surface area contributed by atoms with Gasteiger partial charge in [0.25, 0.3) is 0 Å². The largest absolute Gasteiger partial charge is 0.330 e. The van der Waals surface area contributed by atoms with Crippen LogP contribution in [0.15, 0.2) is 0 Å². The maximum Gasteiger partial charge on any atom is 0.00671 e. The van der Waals surface area contributed by atoms with E-state index in [0.29, 0.717) is 5.92 Å². The summed E-state index contributed by atoms with van der Waals surface area (Å²) < 4.78 is 0. The molecule has 1 atom stereocenters. The molecule has 1 fully saturated rings. The molecule has 0 bridgehead atoms. The summed E-state index contributed by atoms with van der Waals surface area (Å²) in [6.45, 7) is 4.21. The van der Waals surface area contributed by atoms with E-state index in [1.807, 2.05) is 0 Å². The van der Waals surface area contributed by atoms with Crippen molar-refractivity contribution in [1.29, 1.82) is 0 Å². The van der Waals surface area contributed by atoms with Crippen molar-refractivity contribution in [1.82, 2.24) is 5.32 Å². The molecule has 0 aromatic rings. The molecule has 13 heavy (non-hydrogen) atoms. The molecule has 2 heteroatoms. The van der Waals surface area contributed by atoms with Crippen molar-refractivity contribution in [2.24, 2.45) is 11.7 Å². The number of nitrogens with two attached hydrogens (primary N) is 1. The molecule has 0 saturated heterocycles. The molecule has 1 aliphatic rings. The fraction of sp³-hybridized carbons (Fsp3) is 1.00. The lowest BCUT2D eigenvalue weighted by Crippen LogP contribution is -2.34. The topological polar surface area (TPSA) is 38.0 Å². The van der Waals surface area contributed by atoms with E-state index in [0.717, 1.165) is 19.1 Å². The molecule has 1 rings (SSSR count). The van der Waals surface area contributed by atoms with Crippen molar-refractivity contribution in [2.45, 2.75) is 51.5 Å². The molecule has 0 aromatic heterocycles. The second-order valence-electron chi connectivity index (χ2n) is 4.28. The molecule has 2 nitrogen and oxygen atoms in total. The number of hydrogen-bond acceptors (Lipinski definition) is 2. The number of nitrogens with one attached hydrogen (secondary N) is 1. The van der Waals surface area contributed by atoms with Gasteiger partial charge in [-0.05, 0) is 38.3 Å². The van der Waals surface area contributed by atoms with Gasteiger partial charge < -0.3 is 11.1 Å². The third-order valence-electron chi connectivity index (χ3n) is 3.08. The summed E-state index contributed by atoms with van der Waals surface area (Å²) >= 11 is 0. The minimum Gasteiger partial charge on any atom is -0.330 e. The van der Waals surface area contributed by atoms with Crippen LogP contribution in [0.5, 0.6) is 0 Å². The molecule has 0 heterocycles. The molecule has 1 aliphatic carbocycles. The second-order valence-corrected chi connectivity index (χ2v) is 4.28. The van der Waals surface area contributed by atoms with E-state index in [-0.39, 0.29) is 0 Å². The average molecular weight is 184 g/mol. The Bertz CT molecular complexity index is 119. The van der Waals surface area contributed by atoms with E-state index in [1.54, 1.807) is 0 Å². The molecular weight excluding hydrogens is 160 g/mol. The van der Waals surface area contributed by atoms with Crippen LogP contribution in [0.3, 0.4) is 0 Å². The summed E-state index contributed by atoms with van der Waals surface area (Å²) in [6.07, 6.45) is 8.12. The Morgan fingerprint density at radius 2 is 2.08 bits per heavy atom. The Balaban J connectivity index is 2.07. The van der Waals surface area contributed by atoms with Gasteiger partial charge in [0.15, 0.2) is 0 Å². The van der Waals surface area contributed by atoms with Crippen LogP contribution in [-0.2, 0) is 0 Å². The minimum absolute atomic E-state index is 0.700. The third kappa shape index (κ3) is 4.10. The van der Waals surface area contributed by atoms with Crippen LogP contribution < -0.4 is 11.1 Å². The van der Waals surface area contributed by atoms with Crippen LogP contribution in [-0.4, -0.2) is 19.1 Å². The van der Waals surface area contributed by atoms with Gasteiger partial charge in [-0.2, -0.15) is 0 Å². The molecule has 0 radical (unpaired) electrons. The fourth-order valence-corrected chi connectivity index (χ4v) is 2.17. The Kier molecular flexibility index (Phi) is 5.40. The molecule has 0 aliphatic heterocycles. The van der Waals surface area contributed by atoms with E-state index in [1.165, 1.54) is 38.5 Å². The zero-order valence-corrected chi connectivity index (χ0v) is 8.89. The highest BCUT2D eigenvalue weighted by Crippen LogP contribution is 2.18. The van der Waals surface area contributed by atoms with Crippen LogP contribution >= 0.6 is 0 Å². The molecule has 0 spiro atoms. The van der Waals surface area contributed by atoms with Crippen molar-refractivity contribution in [3.63, 3.8) is 0 Å². The standard InChI is InChI=1S/C11H24N2/c1-2-5-10(8-12)9-13-11-6-3-4-7-11/h10-11,13H,2-9,12H2,1H3. The maximum atomic E-state index is 5.70. The molecule has 3 N–H and O–H groups in total. The lowest BCUT2D eigenvalue weighted by atomic mass is 10.0. The van der Waals surface area contributed by atoms with Crippen LogP contribution in [0.2, 0.25) is 0 Å². The summed E-state index contributed by atoms with van der Waals surface area (Å²) in [5.74, 6) is 0.700. The monoisotopic (exact) mass is 184 g/mol. The quantitative estimate of drug-likeness (QED) is 0.661. The smallest absolute Gasteiger partial charge is 0.00671 e. The van der Waals surface area contributed by atoms with E-state index >= 15 is 0 Å². The van der Waals surface area contributed by atoms with Crippen LogP contribution in [0.4, 0.5) is 0 Å².